The Kier molecular flexibility index (Phi) is 3.89. The van der Waals surface area contributed by atoms with Crippen LogP contribution in [-0.4, -0.2) is 23.5 Å². The van der Waals surface area contributed by atoms with Crippen LogP contribution in [0.4, 0.5) is 0 Å². The van der Waals surface area contributed by atoms with Crippen molar-refractivity contribution < 1.29 is 19.4 Å². The largest absolute Gasteiger partial charge is 0.506 e. The number of carbonyl (C=O) groups excluding carboxylic acids is 2. The van der Waals surface area contributed by atoms with Crippen LogP contribution in [0.5, 0.6) is 5.75 Å². The van der Waals surface area contributed by atoms with Gasteiger partial charge in [0.25, 0.3) is 0 Å². The number of phenols is 1. The van der Waals surface area contributed by atoms with Gasteiger partial charge in [0, 0.05) is 12.0 Å². The number of hydrogen-bond donors (Lipinski definition) is 1. The molecule has 1 aromatic rings. The summed E-state index contributed by atoms with van der Waals surface area (Å²) in [5, 5.41) is 9.93. The molecule has 5 heteroatoms. The van der Waals surface area contributed by atoms with Gasteiger partial charge >= 0.3 is 5.97 Å². The number of halogens is 1. The lowest BCUT2D eigenvalue weighted by molar-refractivity contribution is 0.0231. The lowest BCUT2D eigenvalue weighted by atomic mass is 9.92. The molecule has 0 saturated carbocycles. The molecule has 0 fully saturated rings. The van der Waals surface area contributed by atoms with E-state index < -0.39 is 5.97 Å². The highest BCUT2D eigenvalue weighted by atomic mass is 127. The second kappa shape index (κ2) is 5.26. The Morgan fingerprint density at radius 2 is 2.33 bits per heavy atom. The number of esters is 1. The van der Waals surface area contributed by atoms with Crippen LogP contribution in [0, 0.1) is 3.57 Å². The molecule has 2 rings (SSSR count). The molecular weight excluding hydrogens is 347 g/mol. The van der Waals surface area contributed by atoms with Crippen LogP contribution in [0.2, 0.25) is 0 Å². The fourth-order valence-electron chi connectivity index (χ4n) is 2.21. The Morgan fingerprint density at radius 3 is 2.94 bits per heavy atom. The molecule has 1 aromatic carbocycles. The van der Waals surface area contributed by atoms with E-state index in [0.717, 1.165) is 19.1 Å². The molecule has 1 heterocycles. The van der Waals surface area contributed by atoms with Gasteiger partial charge in [0.2, 0.25) is 0 Å². The van der Waals surface area contributed by atoms with Crippen molar-refractivity contribution >= 4 is 34.8 Å². The van der Waals surface area contributed by atoms with E-state index in [1.165, 1.54) is 0 Å². The average Bonchev–Trinajstić information content (AvgIpc) is 2.33. The number of rotatable bonds is 3. The molecule has 0 spiro atoms. The summed E-state index contributed by atoms with van der Waals surface area (Å²) in [7, 11) is 0. The topological polar surface area (TPSA) is 63.6 Å². The van der Waals surface area contributed by atoms with Crippen LogP contribution in [0.3, 0.4) is 0 Å². The molecule has 1 aliphatic rings. The predicted octanol–water partition coefficient (Wildman–Crippen LogP) is 2.69. The van der Waals surface area contributed by atoms with Gasteiger partial charge in [-0.25, -0.2) is 4.79 Å². The zero-order chi connectivity index (χ0) is 13.3. The number of aldehydes is 1. The third-order valence-corrected chi connectivity index (χ3v) is 3.87. The van der Waals surface area contributed by atoms with Crippen molar-refractivity contribution in [1.82, 2.24) is 0 Å². The van der Waals surface area contributed by atoms with Crippen molar-refractivity contribution in [3.05, 3.63) is 26.3 Å². The van der Waals surface area contributed by atoms with Crippen LogP contribution in [0.25, 0.3) is 0 Å². The first-order valence-electron chi connectivity index (χ1n) is 5.79. The Hall–Kier alpha value is -1.11. The second-order valence-electron chi connectivity index (χ2n) is 4.29. The summed E-state index contributed by atoms with van der Waals surface area (Å²) in [6.45, 7) is 2.01. The van der Waals surface area contributed by atoms with E-state index in [2.05, 4.69) is 0 Å². The molecule has 1 N–H and O–H groups in total. The van der Waals surface area contributed by atoms with E-state index in [9.17, 15) is 14.7 Å². The maximum atomic E-state index is 11.9. The molecule has 0 saturated heterocycles. The van der Waals surface area contributed by atoms with Crippen LogP contribution < -0.4 is 0 Å². The van der Waals surface area contributed by atoms with Crippen LogP contribution >= 0.6 is 22.6 Å². The molecule has 0 aromatic heterocycles. The van der Waals surface area contributed by atoms with E-state index in [-0.39, 0.29) is 17.4 Å². The normalized spacial score (nSPS) is 18.1. The summed E-state index contributed by atoms with van der Waals surface area (Å²) in [4.78, 5) is 23.0. The Bertz CT molecular complexity index is 510. The van der Waals surface area contributed by atoms with Crippen molar-refractivity contribution in [1.29, 1.82) is 0 Å². The average molecular weight is 360 g/mol. The van der Waals surface area contributed by atoms with Gasteiger partial charge in [0.1, 0.15) is 23.7 Å². The van der Waals surface area contributed by atoms with Gasteiger partial charge < -0.3 is 9.84 Å². The number of benzene rings is 1. The van der Waals surface area contributed by atoms with Gasteiger partial charge in [-0.1, -0.05) is 13.3 Å². The minimum atomic E-state index is -0.534. The summed E-state index contributed by atoms with van der Waals surface area (Å²) in [6, 6.07) is 1.60. The molecule has 96 valence electrons. The third kappa shape index (κ3) is 2.23. The first-order valence-corrected chi connectivity index (χ1v) is 6.86. The molecular formula is C13H13IO4. The summed E-state index contributed by atoms with van der Waals surface area (Å²) in [5.74, 6) is -0.620. The first kappa shape index (κ1) is 13.3. The van der Waals surface area contributed by atoms with E-state index in [1.54, 1.807) is 6.07 Å². The van der Waals surface area contributed by atoms with Gasteiger partial charge in [0.15, 0.2) is 0 Å². The number of hydrogen-bond acceptors (Lipinski definition) is 4. The zero-order valence-corrected chi connectivity index (χ0v) is 12.1. The van der Waals surface area contributed by atoms with Gasteiger partial charge in [-0.2, -0.15) is 0 Å². The molecule has 1 aliphatic heterocycles. The van der Waals surface area contributed by atoms with Crippen molar-refractivity contribution in [2.45, 2.75) is 32.3 Å². The second-order valence-corrected chi connectivity index (χ2v) is 5.45. The van der Waals surface area contributed by atoms with Crippen LogP contribution in [0.1, 0.15) is 46.0 Å². The van der Waals surface area contributed by atoms with Crippen LogP contribution in [-0.2, 0) is 11.2 Å². The quantitative estimate of drug-likeness (QED) is 0.512. The Morgan fingerprint density at radius 1 is 1.61 bits per heavy atom. The molecule has 0 bridgehead atoms. The fourth-order valence-corrected chi connectivity index (χ4v) is 2.81. The highest BCUT2D eigenvalue weighted by molar-refractivity contribution is 14.1. The van der Waals surface area contributed by atoms with E-state index in [0.29, 0.717) is 21.1 Å². The van der Waals surface area contributed by atoms with Gasteiger partial charge in [0.05, 0.1) is 3.57 Å². The van der Waals surface area contributed by atoms with Crippen molar-refractivity contribution in [2.75, 3.05) is 0 Å². The monoisotopic (exact) mass is 360 g/mol. The highest BCUT2D eigenvalue weighted by Crippen LogP contribution is 2.35. The SMILES string of the molecule is CCCC1Cc2c(C=O)cc(I)c(O)c2C(=O)O1. The molecule has 4 nitrogen and oxygen atoms in total. The molecule has 18 heavy (non-hydrogen) atoms. The number of ether oxygens (including phenoxy) is 1. The minimum absolute atomic E-state index is 0.0869. The fraction of sp³-hybridized carbons (Fsp3) is 0.385. The van der Waals surface area contributed by atoms with E-state index in [4.69, 9.17) is 4.74 Å². The molecule has 1 atom stereocenters. The summed E-state index contributed by atoms with van der Waals surface area (Å²) >= 11 is 1.89. The standard InChI is InChI=1S/C13H13IO4/c1-2-3-8-5-9-7(6-15)4-10(14)12(16)11(9)13(17)18-8/h4,6,8,16H,2-3,5H2,1H3. The molecule has 0 radical (unpaired) electrons. The summed E-state index contributed by atoms with van der Waals surface area (Å²) < 4.78 is 5.76. The number of aromatic hydroxyl groups is 1. The lowest BCUT2D eigenvalue weighted by Gasteiger charge is -2.26. The Labute approximate surface area is 118 Å². The summed E-state index contributed by atoms with van der Waals surface area (Å²) in [6.07, 6.45) is 2.68. The molecule has 1 unspecified atom stereocenters. The van der Waals surface area contributed by atoms with Gasteiger partial charge in [-0.3, -0.25) is 4.79 Å². The zero-order valence-electron chi connectivity index (χ0n) is 9.90. The summed E-state index contributed by atoms with van der Waals surface area (Å²) in [5.41, 5.74) is 1.22. The number of phenolic OH excluding ortho intramolecular Hbond substituents is 1. The van der Waals surface area contributed by atoms with Crippen molar-refractivity contribution in [3.8, 4) is 5.75 Å². The molecule has 0 amide bonds. The lowest BCUT2D eigenvalue weighted by Crippen LogP contribution is -2.29. The van der Waals surface area contributed by atoms with Gasteiger partial charge in [-0.15, -0.1) is 0 Å². The number of carbonyl (C=O) groups is 2. The Balaban J connectivity index is 2.54. The predicted molar refractivity (Wildman–Crippen MR) is 74.0 cm³/mol. The minimum Gasteiger partial charge on any atom is -0.506 e. The first-order chi connectivity index (χ1) is 8.58. The van der Waals surface area contributed by atoms with Crippen LogP contribution in [0.15, 0.2) is 6.07 Å². The maximum absolute atomic E-state index is 11.9. The highest BCUT2D eigenvalue weighted by Gasteiger charge is 2.31. The van der Waals surface area contributed by atoms with Crippen molar-refractivity contribution in [3.63, 3.8) is 0 Å². The smallest absolute Gasteiger partial charge is 0.342 e. The van der Waals surface area contributed by atoms with Gasteiger partial charge in [-0.05, 0) is 40.6 Å². The maximum Gasteiger partial charge on any atom is 0.342 e. The van der Waals surface area contributed by atoms with E-state index in [1.807, 2.05) is 29.5 Å². The number of cyclic esters (lactones) is 1. The third-order valence-electron chi connectivity index (χ3n) is 3.04. The number of fused-ring (bicyclic) bond motifs is 1. The van der Waals surface area contributed by atoms with E-state index >= 15 is 0 Å². The van der Waals surface area contributed by atoms with Crippen molar-refractivity contribution in [2.24, 2.45) is 0 Å². The molecule has 0 aliphatic carbocycles.